The molecular weight excluding hydrogens is 252 g/mol. The van der Waals surface area contributed by atoms with Gasteiger partial charge in [-0.15, -0.1) is 0 Å². The van der Waals surface area contributed by atoms with Crippen molar-refractivity contribution in [1.29, 1.82) is 0 Å². The molecule has 0 saturated carbocycles. The molecule has 2 aliphatic heterocycles. The number of rotatable bonds is 3. The monoisotopic (exact) mass is 275 g/mol. The molecule has 104 valence electrons. The first-order valence-corrected chi connectivity index (χ1v) is 8.65. The Hall–Kier alpha value is -0.620. The second-order valence-electron chi connectivity index (χ2n) is 5.55. The van der Waals surface area contributed by atoms with E-state index >= 15 is 0 Å². The molecule has 0 spiro atoms. The summed E-state index contributed by atoms with van der Waals surface area (Å²) in [6, 6.07) is -0.234. The van der Waals surface area contributed by atoms with Crippen LogP contribution in [0.25, 0.3) is 0 Å². The fourth-order valence-corrected chi connectivity index (χ4v) is 4.53. The molecule has 2 aliphatic rings. The normalized spacial score (nSPS) is 29.9. The molecule has 2 saturated heterocycles. The van der Waals surface area contributed by atoms with Crippen LogP contribution in [0.1, 0.15) is 32.6 Å². The maximum atomic E-state index is 12.1. The van der Waals surface area contributed by atoms with Gasteiger partial charge in [-0.3, -0.25) is 4.79 Å². The second kappa shape index (κ2) is 5.57. The van der Waals surface area contributed by atoms with Crippen LogP contribution in [0.2, 0.25) is 0 Å². The minimum absolute atomic E-state index is 0.00833. The van der Waals surface area contributed by atoms with Crippen LogP contribution >= 0.6 is 0 Å². The van der Waals surface area contributed by atoms with E-state index in [1.807, 2.05) is 6.92 Å². The van der Waals surface area contributed by atoms with Crippen LogP contribution in [-0.4, -0.2) is 51.0 Å². The maximum absolute atomic E-state index is 12.1. The van der Waals surface area contributed by atoms with Crippen LogP contribution in [-0.2, 0) is 14.6 Å². The van der Waals surface area contributed by atoms with Gasteiger partial charge in [0.1, 0.15) is 0 Å². The van der Waals surface area contributed by atoms with E-state index in [-0.39, 0.29) is 29.5 Å². The third kappa shape index (κ3) is 3.45. The zero-order chi connectivity index (χ0) is 13.2. The standard InChI is InChI=1S/C12H22N2O3S/c1-10(14-6-3-2-4-7-14)12(15)13-11-5-8-18(16,17)9-11/h10-11H,2-9H2,1H3,(H,13,15)/p+1/t10-,11+/m0/s1. The number of likely N-dealkylation sites (tertiary alicyclic amines) is 1. The Balaban J connectivity index is 1.84. The molecule has 2 heterocycles. The lowest BCUT2D eigenvalue weighted by molar-refractivity contribution is -0.918. The van der Waals surface area contributed by atoms with E-state index in [9.17, 15) is 13.2 Å². The van der Waals surface area contributed by atoms with Crippen molar-refractivity contribution < 1.29 is 18.1 Å². The third-order valence-corrected chi connectivity index (χ3v) is 5.85. The molecule has 0 aliphatic carbocycles. The zero-order valence-electron chi connectivity index (χ0n) is 10.9. The first kappa shape index (κ1) is 13.8. The number of carbonyl (C=O) groups is 1. The van der Waals surface area contributed by atoms with Crippen LogP contribution in [0.3, 0.4) is 0 Å². The molecule has 18 heavy (non-hydrogen) atoms. The molecule has 0 aromatic rings. The Labute approximate surface area is 109 Å². The number of carbonyl (C=O) groups excluding carboxylic acids is 1. The topological polar surface area (TPSA) is 67.7 Å². The van der Waals surface area contributed by atoms with Crippen LogP contribution in [0.4, 0.5) is 0 Å². The van der Waals surface area contributed by atoms with Crippen molar-refractivity contribution in [2.24, 2.45) is 0 Å². The number of hydrogen-bond donors (Lipinski definition) is 2. The average Bonchev–Trinajstić information content (AvgIpc) is 2.68. The fourth-order valence-electron chi connectivity index (χ4n) is 2.86. The summed E-state index contributed by atoms with van der Waals surface area (Å²) in [5.41, 5.74) is 0. The van der Waals surface area contributed by atoms with Crippen LogP contribution < -0.4 is 10.2 Å². The molecule has 0 unspecified atom stereocenters. The summed E-state index contributed by atoms with van der Waals surface area (Å²) in [5, 5.41) is 2.89. The second-order valence-corrected chi connectivity index (χ2v) is 7.78. The number of hydrogen-bond acceptors (Lipinski definition) is 3. The summed E-state index contributed by atoms with van der Waals surface area (Å²) < 4.78 is 22.7. The van der Waals surface area contributed by atoms with E-state index < -0.39 is 9.84 Å². The van der Waals surface area contributed by atoms with Gasteiger partial charge in [0.15, 0.2) is 15.9 Å². The molecule has 0 aromatic heterocycles. The van der Waals surface area contributed by atoms with E-state index in [4.69, 9.17) is 0 Å². The highest BCUT2D eigenvalue weighted by Crippen LogP contribution is 2.11. The van der Waals surface area contributed by atoms with Gasteiger partial charge in [-0.1, -0.05) is 0 Å². The Morgan fingerprint density at radius 3 is 2.50 bits per heavy atom. The van der Waals surface area contributed by atoms with Crippen LogP contribution in [0.5, 0.6) is 0 Å². The third-order valence-electron chi connectivity index (χ3n) is 4.08. The highest BCUT2D eigenvalue weighted by Gasteiger charge is 2.32. The van der Waals surface area contributed by atoms with Crippen molar-refractivity contribution in [3.8, 4) is 0 Å². The molecule has 2 atom stereocenters. The predicted molar refractivity (Wildman–Crippen MR) is 69.2 cm³/mol. The van der Waals surface area contributed by atoms with E-state index in [0.29, 0.717) is 6.42 Å². The first-order valence-electron chi connectivity index (χ1n) is 6.83. The summed E-state index contributed by atoms with van der Waals surface area (Å²) in [6.07, 6.45) is 4.20. The Bertz CT molecular complexity index is 402. The number of sulfone groups is 1. The predicted octanol–water partition coefficient (Wildman–Crippen LogP) is -1.25. The lowest BCUT2D eigenvalue weighted by Gasteiger charge is -2.29. The summed E-state index contributed by atoms with van der Waals surface area (Å²) in [6.45, 7) is 4.05. The molecular formula is C12H23N2O3S+. The van der Waals surface area contributed by atoms with Gasteiger partial charge >= 0.3 is 0 Å². The van der Waals surface area contributed by atoms with Gasteiger partial charge in [0.05, 0.1) is 24.6 Å². The summed E-state index contributed by atoms with van der Waals surface area (Å²) in [5.74, 6) is 0.331. The van der Waals surface area contributed by atoms with Gasteiger partial charge in [-0.05, 0) is 32.6 Å². The highest BCUT2D eigenvalue weighted by atomic mass is 32.2. The van der Waals surface area contributed by atoms with Gasteiger partial charge in [0.25, 0.3) is 5.91 Å². The maximum Gasteiger partial charge on any atom is 0.278 e. The van der Waals surface area contributed by atoms with Crippen molar-refractivity contribution in [2.75, 3.05) is 24.6 Å². The van der Waals surface area contributed by atoms with Crippen LogP contribution in [0, 0.1) is 0 Å². The number of piperidine rings is 1. The van der Waals surface area contributed by atoms with Gasteiger partial charge in [-0.2, -0.15) is 0 Å². The Morgan fingerprint density at radius 1 is 1.28 bits per heavy atom. The molecule has 1 amide bonds. The molecule has 6 heteroatoms. The molecule has 5 nitrogen and oxygen atoms in total. The van der Waals surface area contributed by atoms with Crippen molar-refractivity contribution in [1.82, 2.24) is 5.32 Å². The van der Waals surface area contributed by atoms with Gasteiger partial charge < -0.3 is 10.2 Å². The van der Waals surface area contributed by atoms with Gasteiger partial charge in [-0.25, -0.2) is 8.42 Å². The van der Waals surface area contributed by atoms with Crippen molar-refractivity contribution in [2.45, 2.75) is 44.7 Å². The van der Waals surface area contributed by atoms with Crippen molar-refractivity contribution in [3.05, 3.63) is 0 Å². The summed E-state index contributed by atoms with van der Waals surface area (Å²) in [7, 11) is -2.91. The molecule has 0 radical (unpaired) electrons. The van der Waals surface area contributed by atoms with E-state index in [1.54, 1.807) is 0 Å². The minimum Gasteiger partial charge on any atom is -0.347 e. The SMILES string of the molecule is C[C@@H](C(=O)N[C@@H]1CCS(=O)(=O)C1)[NH+]1CCCCC1. The van der Waals surface area contributed by atoms with Gasteiger partial charge in [0, 0.05) is 6.04 Å². The van der Waals surface area contributed by atoms with E-state index in [1.165, 1.54) is 24.2 Å². The highest BCUT2D eigenvalue weighted by molar-refractivity contribution is 7.91. The van der Waals surface area contributed by atoms with Crippen molar-refractivity contribution >= 4 is 15.7 Å². The smallest absolute Gasteiger partial charge is 0.278 e. The molecule has 0 bridgehead atoms. The molecule has 2 N–H and O–H groups in total. The average molecular weight is 275 g/mol. The zero-order valence-corrected chi connectivity index (χ0v) is 11.8. The molecule has 0 aromatic carbocycles. The Kier molecular flexibility index (Phi) is 4.27. The van der Waals surface area contributed by atoms with Crippen molar-refractivity contribution in [3.63, 3.8) is 0 Å². The lowest BCUT2D eigenvalue weighted by Crippen LogP contribution is -3.17. The van der Waals surface area contributed by atoms with Gasteiger partial charge in [0.2, 0.25) is 0 Å². The van der Waals surface area contributed by atoms with Crippen LogP contribution in [0.15, 0.2) is 0 Å². The molecule has 2 rings (SSSR count). The minimum atomic E-state index is -2.91. The molecule has 2 fully saturated rings. The largest absolute Gasteiger partial charge is 0.347 e. The first-order chi connectivity index (χ1) is 8.48. The lowest BCUT2D eigenvalue weighted by atomic mass is 10.1. The number of amides is 1. The van der Waals surface area contributed by atoms with E-state index in [2.05, 4.69) is 5.32 Å². The number of quaternary nitrogens is 1. The number of nitrogens with one attached hydrogen (secondary N) is 2. The summed E-state index contributed by atoms with van der Waals surface area (Å²) >= 11 is 0. The fraction of sp³-hybridized carbons (Fsp3) is 0.917. The Morgan fingerprint density at radius 2 is 1.94 bits per heavy atom. The summed E-state index contributed by atoms with van der Waals surface area (Å²) in [4.78, 5) is 13.4. The van der Waals surface area contributed by atoms with E-state index in [0.717, 1.165) is 13.1 Å². The quantitative estimate of drug-likeness (QED) is 0.676.